The minimum Gasteiger partial charge on any atom is -0.271 e. The summed E-state index contributed by atoms with van der Waals surface area (Å²) in [6.07, 6.45) is 0. The molecule has 0 radical (unpaired) electrons. The normalized spacial score (nSPS) is 8.17. The molecule has 1 aromatic carbocycles. The van der Waals surface area contributed by atoms with Crippen molar-refractivity contribution in [3.8, 4) is 0 Å². The molecule has 70 valence electrons. The van der Waals surface area contributed by atoms with Gasteiger partial charge >= 0.3 is 0 Å². The van der Waals surface area contributed by atoms with Gasteiger partial charge in [0.1, 0.15) is 0 Å². The maximum absolute atomic E-state index is 5.18. The molecule has 1 rings (SSSR count). The van der Waals surface area contributed by atoms with Gasteiger partial charge in [-0.2, -0.15) is 0 Å². The second-order valence-corrected chi connectivity index (χ2v) is 2.31. The van der Waals surface area contributed by atoms with Crippen molar-refractivity contribution in [2.24, 2.45) is 5.84 Å². The van der Waals surface area contributed by atoms with E-state index in [1.54, 1.807) is 0 Å². The fourth-order valence-electron chi connectivity index (χ4n) is 0.918. The Bertz CT molecular complexity index is 216. The van der Waals surface area contributed by atoms with Crippen molar-refractivity contribution < 1.29 is 0 Å². The van der Waals surface area contributed by atoms with Crippen molar-refractivity contribution in [1.82, 2.24) is 5.43 Å². The maximum Gasteiger partial charge on any atom is 0.0351 e. The van der Waals surface area contributed by atoms with Gasteiger partial charge in [-0.1, -0.05) is 24.3 Å². The van der Waals surface area contributed by atoms with E-state index in [0.29, 0.717) is 0 Å². The minimum absolute atomic E-state index is 0. The van der Waals surface area contributed by atoms with Crippen LogP contribution in [0.1, 0.15) is 11.1 Å². The Kier molecular flexibility index (Phi) is 8.76. The van der Waals surface area contributed by atoms with E-state index >= 15 is 0 Å². The zero-order valence-electron chi connectivity index (χ0n) is 6.91. The first-order valence-electron chi connectivity index (χ1n) is 3.32. The third-order valence-corrected chi connectivity index (χ3v) is 1.55. The summed E-state index contributed by atoms with van der Waals surface area (Å²) in [7, 11) is 0. The molecule has 0 atom stereocenters. The van der Waals surface area contributed by atoms with Gasteiger partial charge in [0.15, 0.2) is 0 Å². The molecule has 0 saturated carbocycles. The number of hydrogen-bond donors (Lipinski definition) is 2. The van der Waals surface area contributed by atoms with E-state index < -0.39 is 0 Å². The predicted molar refractivity (Wildman–Crippen MR) is 56.7 cm³/mol. The van der Waals surface area contributed by atoms with Gasteiger partial charge in [-0.05, 0) is 18.1 Å². The van der Waals surface area contributed by atoms with Crippen molar-refractivity contribution in [1.29, 1.82) is 0 Å². The number of nitrogens with one attached hydrogen (secondary N) is 1. The maximum atomic E-state index is 5.18. The lowest BCUT2D eigenvalue weighted by atomic mass is 10.1. The molecule has 0 bridgehead atoms. The van der Waals surface area contributed by atoms with E-state index in [4.69, 9.17) is 5.84 Å². The molecule has 0 aromatic heterocycles. The van der Waals surface area contributed by atoms with Crippen LogP contribution < -0.4 is 11.3 Å². The van der Waals surface area contributed by atoms with Crippen molar-refractivity contribution in [2.75, 3.05) is 0 Å². The molecule has 2 nitrogen and oxygen atoms in total. The smallest absolute Gasteiger partial charge is 0.0351 e. The number of benzene rings is 1. The summed E-state index contributed by atoms with van der Waals surface area (Å²) in [5.41, 5.74) is 5.16. The minimum atomic E-state index is 0. The van der Waals surface area contributed by atoms with Crippen molar-refractivity contribution in [2.45, 2.75) is 13.5 Å². The molecule has 0 aliphatic carbocycles. The highest BCUT2D eigenvalue weighted by Crippen LogP contribution is 2.04. The zero-order valence-corrected chi connectivity index (χ0v) is 8.54. The van der Waals surface area contributed by atoms with Crippen LogP contribution in [0.5, 0.6) is 0 Å². The van der Waals surface area contributed by atoms with Crippen LogP contribution in [0.3, 0.4) is 0 Å². The highest BCUT2D eigenvalue weighted by molar-refractivity contribution is 5.85. The molecule has 12 heavy (non-hydrogen) atoms. The van der Waals surface area contributed by atoms with E-state index in [1.807, 2.05) is 12.1 Å². The van der Waals surface area contributed by atoms with E-state index in [2.05, 4.69) is 24.5 Å². The van der Waals surface area contributed by atoms with Crippen LogP contribution in [0, 0.1) is 6.92 Å². The predicted octanol–water partition coefficient (Wildman–Crippen LogP) is 1.80. The van der Waals surface area contributed by atoms with Gasteiger partial charge in [0.2, 0.25) is 0 Å². The molecule has 4 heteroatoms. The third kappa shape index (κ3) is 3.93. The number of halogens is 2. The molecule has 0 heterocycles. The molecule has 0 unspecified atom stereocenters. The van der Waals surface area contributed by atoms with Gasteiger partial charge in [0, 0.05) is 6.54 Å². The quantitative estimate of drug-likeness (QED) is 0.575. The molecule has 0 aliphatic heterocycles. The van der Waals surface area contributed by atoms with Crippen LogP contribution in [0.4, 0.5) is 0 Å². The topological polar surface area (TPSA) is 38.0 Å². The molecule has 1 aromatic rings. The molecule has 0 amide bonds. The van der Waals surface area contributed by atoms with Gasteiger partial charge in [0.05, 0.1) is 0 Å². The Morgan fingerprint density at radius 3 is 2.33 bits per heavy atom. The lowest BCUT2D eigenvalue weighted by Gasteiger charge is -2.02. The van der Waals surface area contributed by atoms with Gasteiger partial charge in [-0.25, -0.2) is 0 Å². The van der Waals surface area contributed by atoms with Gasteiger partial charge < -0.3 is 0 Å². The summed E-state index contributed by atoms with van der Waals surface area (Å²) >= 11 is 0. The van der Waals surface area contributed by atoms with E-state index in [-0.39, 0.29) is 24.8 Å². The molecular weight excluding hydrogens is 195 g/mol. The summed E-state index contributed by atoms with van der Waals surface area (Å²) in [5, 5.41) is 0. The zero-order chi connectivity index (χ0) is 7.40. The lowest BCUT2D eigenvalue weighted by molar-refractivity contribution is 0.737. The fourth-order valence-corrected chi connectivity index (χ4v) is 0.918. The van der Waals surface area contributed by atoms with Crippen molar-refractivity contribution >= 4 is 24.8 Å². The largest absolute Gasteiger partial charge is 0.271 e. The summed E-state index contributed by atoms with van der Waals surface area (Å²) in [6, 6.07) is 8.18. The van der Waals surface area contributed by atoms with E-state index in [9.17, 15) is 0 Å². The van der Waals surface area contributed by atoms with Gasteiger partial charge in [-0.15, -0.1) is 24.8 Å². The Hall–Kier alpha value is -0.280. The van der Waals surface area contributed by atoms with Crippen LogP contribution in [-0.4, -0.2) is 0 Å². The highest BCUT2D eigenvalue weighted by atomic mass is 35.5. The van der Waals surface area contributed by atoms with E-state index in [0.717, 1.165) is 6.54 Å². The SMILES string of the molecule is Cc1ccccc1CNN.Cl.Cl. The van der Waals surface area contributed by atoms with Crippen LogP contribution in [0.15, 0.2) is 24.3 Å². The lowest BCUT2D eigenvalue weighted by Crippen LogP contribution is -2.21. The number of aryl methyl sites for hydroxylation is 1. The number of hydrazine groups is 1. The second kappa shape index (κ2) is 7.37. The fraction of sp³-hybridized carbons (Fsp3) is 0.250. The first-order valence-corrected chi connectivity index (χ1v) is 3.32. The molecule has 0 saturated heterocycles. The molecule has 3 N–H and O–H groups in total. The van der Waals surface area contributed by atoms with Crippen LogP contribution in [0.2, 0.25) is 0 Å². The van der Waals surface area contributed by atoms with E-state index in [1.165, 1.54) is 11.1 Å². The van der Waals surface area contributed by atoms with Crippen LogP contribution >= 0.6 is 24.8 Å². The summed E-state index contributed by atoms with van der Waals surface area (Å²) in [5.74, 6) is 5.18. The standard InChI is InChI=1S/C8H12N2.2ClH/c1-7-4-2-3-5-8(7)6-10-9;;/h2-5,10H,6,9H2,1H3;2*1H. The van der Waals surface area contributed by atoms with Crippen LogP contribution in [-0.2, 0) is 6.54 Å². The average Bonchev–Trinajstić information content (AvgIpc) is 1.94. The number of rotatable bonds is 2. The van der Waals surface area contributed by atoms with Gasteiger partial charge in [0.25, 0.3) is 0 Å². The molecule has 0 aliphatic rings. The first-order chi connectivity index (χ1) is 4.84. The van der Waals surface area contributed by atoms with Crippen LogP contribution in [0.25, 0.3) is 0 Å². The summed E-state index contributed by atoms with van der Waals surface area (Å²) in [6.45, 7) is 2.82. The Morgan fingerprint density at radius 2 is 1.83 bits per heavy atom. The monoisotopic (exact) mass is 208 g/mol. The summed E-state index contributed by atoms with van der Waals surface area (Å²) in [4.78, 5) is 0. The number of hydrogen-bond acceptors (Lipinski definition) is 2. The molecular formula is C8H14Cl2N2. The van der Waals surface area contributed by atoms with Crippen molar-refractivity contribution in [3.63, 3.8) is 0 Å². The molecule has 0 spiro atoms. The van der Waals surface area contributed by atoms with Gasteiger partial charge in [-0.3, -0.25) is 11.3 Å². The summed E-state index contributed by atoms with van der Waals surface area (Å²) < 4.78 is 0. The Balaban J connectivity index is 0. The molecule has 0 fully saturated rings. The Labute approximate surface area is 85.3 Å². The second-order valence-electron chi connectivity index (χ2n) is 2.31. The average molecular weight is 209 g/mol. The first kappa shape index (κ1) is 14.3. The Morgan fingerprint density at radius 1 is 1.25 bits per heavy atom. The number of nitrogens with two attached hydrogens (primary N) is 1. The third-order valence-electron chi connectivity index (χ3n) is 1.55. The van der Waals surface area contributed by atoms with Crippen molar-refractivity contribution in [3.05, 3.63) is 35.4 Å². The highest BCUT2D eigenvalue weighted by Gasteiger charge is 1.92.